The van der Waals surface area contributed by atoms with E-state index in [0.717, 1.165) is 18.5 Å². The van der Waals surface area contributed by atoms with Gasteiger partial charge in [-0.1, -0.05) is 43.4 Å². The lowest BCUT2D eigenvalue weighted by Crippen LogP contribution is -2.46. The normalized spacial score (nSPS) is 15.1. The lowest BCUT2D eigenvalue weighted by Gasteiger charge is -2.32. The molecule has 5 nitrogen and oxygen atoms in total. The van der Waals surface area contributed by atoms with Crippen molar-refractivity contribution in [1.82, 2.24) is 0 Å². The molecule has 2 rings (SSSR count). The third-order valence-electron chi connectivity index (χ3n) is 5.60. The number of halogens is 1. The van der Waals surface area contributed by atoms with Crippen molar-refractivity contribution in [3.05, 3.63) is 29.8 Å². The zero-order valence-corrected chi connectivity index (χ0v) is 21.1. The van der Waals surface area contributed by atoms with Crippen LogP contribution < -0.4 is 0 Å². The number of aliphatic hydroxyl groups is 1. The van der Waals surface area contributed by atoms with E-state index in [4.69, 9.17) is 5.11 Å². The molecule has 1 aliphatic heterocycles. The van der Waals surface area contributed by atoms with Crippen molar-refractivity contribution in [3.63, 3.8) is 0 Å². The lowest BCUT2D eigenvalue weighted by atomic mass is 10.1. The van der Waals surface area contributed by atoms with Crippen molar-refractivity contribution >= 4 is 32.7 Å². The van der Waals surface area contributed by atoms with E-state index in [-0.39, 0.29) is 4.90 Å². The standard InChI is InChI=1S/C16H29INO.C7H8O3S/c17-11-10-15-18(13-7-8-14-18)12-6-4-2-1-3-5-9-16-19;1-6-2-4-7(5-3-6)11(8,9)10/h19H,1-9,12-16H2;2-5H,1H3,(H,8,9,10)/q+1;/p-1. The third-order valence-corrected chi connectivity index (χ3v) is 6.83. The second-order valence-electron chi connectivity index (χ2n) is 8.11. The summed E-state index contributed by atoms with van der Waals surface area (Å²) < 4.78 is 35.5. The van der Waals surface area contributed by atoms with Gasteiger partial charge in [0.15, 0.2) is 0 Å². The Morgan fingerprint density at radius 1 is 1.00 bits per heavy atom. The quantitative estimate of drug-likeness (QED) is 0.144. The van der Waals surface area contributed by atoms with Crippen molar-refractivity contribution in [1.29, 1.82) is 0 Å². The summed E-state index contributed by atoms with van der Waals surface area (Å²) >= 11 is 2.16. The van der Waals surface area contributed by atoms with Gasteiger partial charge in [-0.05, 0) is 48.2 Å². The number of hydrogen-bond donors (Lipinski definition) is 1. The molecule has 1 saturated heterocycles. The van der Waals surface area contributed by atoms with Crippen molar-refractivity contribution < 1.29 is 22.6 Å². The number of hydrogen-bond acceptors (Lipinski definition) is 4. The largest absolute Gasteiger partial charge is 0.744 e. The highest BCUT2D eigenvalue weighted by atomic mass is 127. The molecule has 0 unspecified atom stereocenters. The lowest BCUT2D eigenvalue weighted by molar-refractivity contribution is -0.910. The van der Waals surface area contributed by atoms with E-state index in [1.54, 1.807) is 12.1 Å². The van der Waals surface area contributed by atoms with Gasteiger partial charge in [-0.3, -0.25) is 0 Å². The van der Waals surface area contributed by atoms with Crippen LogP contribution in [0.1, 0.15) is 63.4 Å². The Morgan fingerprint density at radius 2 is 1.53 bits per heavy atom. The van der Waals surface area contributed by atoms with E-state index in [9.17, 15) is 13.0 Å². The van der Waals surface area contributed by atoms with Crippen molar-refractivity contribution in [2.75, 3.05) is 32.8 Å². The summed E-state index contributed by atoms with van der Waals surface area (Å²) in [6, 6.07) is 5.78. The molecule has 170 valence electrons. The third kappa shape index (κ3) is 11.7. The minimum atomic E-state index is -4.27. The highest BCUT2D eigenvalue weighted by Crippen LogP contribution is 2.20. The predicted molar refractivity (Wildman–Crippen MR) is 129 cm³/mol. The summed E-state index contributed by atoms with van der Waals surface area (Å²) in [7, 11) is -4.27. The highest BCUT2D eigenvalue weighted by Gasteiger charge is 2.30. The SMILES string of the molecule is Cc1ccc(S(=O)(=O)[O-])cc1.OCCCCCCCCC[N+]1(CC#CI)CCCC1. The summed E-state index contributed by atoms with van der Waals surface area (Å²) in [5.74, 6) is 3.29. The van der Waals surface area contributed by atoms with Crippen LogP contribution in [0.2, 0.25) is 0 Å². The molecule has 0 aliphatic carbocycles. The van der Waals surface area contributed by atoms with Gasteiger partial charge in [0.25, 0.3) is 0 Å². The van der Waals surface area contributed by atoms with Crippen molar-refractivity contribution in [2.45, 2.75) is 69.6 Å². The topological polar surface area (TPSA) is 77.4 Å². The number of aryl methyl sites for hydroxylation is 1. The maximum Gasteiger partial charge on any atom is 0.141 e. The van der Waals surface area contributed by atoms with Crippen LogP contribution in [0.4, 0.5) is 0 Å². The summed E-state index contributed by atoms with van der Waals surface area (Å²) in [5.41, 5.74) is 0.928. The molecule has 0 amide bonds. The van der Waals surface area contributed by atoms with Crippen LogP contribution >= 0.6 is 22.6 Å². The molecule has 1 aliphatic rings. The molecule has 0 aromatic heterocycles. The molecule has 1 N–H and O–H groups in total. The van der Waals surface area contributed by atoms with Crippen LogP contribution in [0.5, 0.6) is 0 Å². The minimum Gasteiger partial charge on any atom is -0.744 e. The first-order valence-electron chi connectivity index (χ1n) is 10.9. The Hall–Kier alpha value is -0.660. The van der Waals surface area contributed by atoms with E-state index < -0.39 is 10.1 Å². The van der Waals surface area contributed by atoms with Crippen LogP contribution in [0, 0.1) is 16.8 Å². The van der Waals surface area contributed by atoms with Crippen molar-refractivity contribution in [3.8, 4) is 9.85 Å². The van der Waals surface area contributed by atoms with E-state index in [0.29, 0.717) is 6.61 Å². The van der Waals surface area contributed by atoms with E-state index in [1.165, 1.54) is 87.6 Å². The predicted octanol–water partition coefficient (Wildman–Crippen LogP) is 4.62. The molecule has 1 fully saturated rings. The van der Waals surface area contributed by atoms with Gasteiger partial charge in [0.2, 0.25) is 0 Å². The van der Waals surface area contributed by atoms with Crippen LogP contribution in [-0.2, 0) is 10.1 Å². The minimum absolute atomic E-state index is 0.178. The molecule has 0 atom stereocenters. The highest BCUT2D eigenvalue weighted by molar-refractivity contribution is 14.1. The van der Waals surface area contributed by atoms with Gasteiger partial charge in [0.05, 0.1) is 24.5 Å². The molecule has 1 aromatic rings. The van der Waals surface area contributed by atoms with Crippen LogP contribution in [0.15, 0.2) is 29.2 Å². The summed E-state index contributed by atoms with van der Waals surface area (Å²) in [4.78, 5) is -0.178. The summed E-state index contributed by atoms with van der Waals surface area (Å²) in [6.07, 6.45) is 11.7. The van der Waals surface area contributed by atoms with Gasteiger partial charge in [0.1, 0.15) is 16.7 Å². The van der Waals surface area contributed by atoms with E-state index >= 15 is 0 Å². The van der Waals surface area contributed by atoms with Crippen LogP contribution in [-0.4, -0.2) is 55.3 Å². The molecule has 30 heavy (non-hydrogen) atoms. The molecule has 0 bridgehead atoms. The van der Waals surface area contributed by atoms with Gasteiger partial charge in [0, 0.05) is 42.0 Å². The smallest absolute Gasteiger partial charge is 0.141 e. The number of unbranched alkanes of at least 4 members (excludes halogenated alkanes) is 6. The maximum atomic E-state index is 10.4. The average Bonchev–Trinajstić information content (AvgIpc) is 3.18. The fraction of sp³-hybridized carbons (Fsp3) is 0.652. The van der Waals surface area contributed by atoms with Crippen molar-refractivity contribution in [2.24, 2.45) is 0 Å². The summed E-state index contributed by atoms with van der Waals surface area (Å²) in [5, 5.41) is 8.71. The van der Waals surface area contributed by atoms with Gasteiger partial charge in [-0.2, -0.15) is 0 Å². The maximum absolute atomic E-state index is 10.4. The Labute approximate surface area is 196 Å². The fourth-order valence-electron chi connectivity index (χ4n) is 3.81. The fourth-order valence-corrected chi connectivity index (χ4v) is 4.45. The number of benzene rings is 1. The molecule has 7 heteroatoms. The van der Waals surface area contributed by atoms with E-state index in [1.807, 2.05) is 6.92 Å². The van der Waals surface area contributed by atoms with Gasteiger partial charge in [-0.15, -0.1) is 0 Å². The molecule has 0 saturated carbocycles. The number of aliphatic hydroxyl groups excluding tert-OH is 1. The van der Waals surface area contributed by atoms with Crippen LogP contribution in [0.3, 0.4) is 0 Å². The van der Waals surface area contributed by atoms with Gasteiger partial charge >= 0.3 is 0 Å². The van der Waals surface area contributed by atoms with Gasteiger partial charge in [-0.25, -0.2) is 8.42 Å². The van der Waals surface area contributed by atoms with Gasteiger partial charge < -0.3 is 14.1 Å². The number of likely N-dealkylation sites (tertiary alicyclic amines) is 1. The number of rotatable bonds is 11. The first-order valence-corrected chi connectivity index (χ1v) is 13.4. The number of quaternary nitrogens is 1. The molecular weight excluding hydrogens is 513 g/mol. The first-order chi connectivity index (χ1) is 14.3. The Morgan fingerprint density at radius 3 is 2.03 bits per heavy atom. The second kappa shape index (κ2) is 15.2. The Bertz CT molecular complexity index is 748. The second-order valence-corrected chi connectivity index (χ2v) is 10.0. The zero-order valence-electron chi connectivity index (χ0n) is 18.1. The summed E-state index contributed by atoms with van der Waals surface area (Å²) in [6.45, 7) is 7.28. The molecule has 1 aromatic carbocycles. The monoisotopic (exact) mass is 549 g/mol. The first kappa shape index (κ1) is 27.4. The molecule has 0 spiro atoms. The number of nitrogens with zero attached hydrogens (tertiary/aromatic N) is 1. The average molecular weight is 550 g/mol. The molecule has 0 radical (unpaired) electrons. The van der Waals surface area contributed by atoms with Crippen LogP contribution in [0.25, 0.3) is 0 Å². The zero-order chi connectivity index (χ0) is 22.3. The molecular formula is C23H36INO4S. The Balaban J connectivity index is 0.000000346. The molecule has 1 heterocycles. The Kier molecular flexibility index (Phi) is 13.9. The van der Waals surface area contributed by atoms with E-state index in [2.05, 4.69) is 32.4 Å².